The summed E-state index contributed by atoms with van der Waals surface area (Å²) in [5, 5.41) is 4.78. The highest BCUT2D eigenvalue weighted by Crippen LogP contribution is 2.20. The summed E-state index contributed by atoms with van der Waals surface area (Å²) >= 11 is 1.99. The number of hydrogen-bond donors (Lipinski definition) is 1. The van der Waals surface area contributed by atoms with Crippen LogP contribution >= 0.6 is 11.8 Å². The lowest BCUT2D eigenvalue weighted by Crippen LogP contribution is -2.18. The van der Waals surface area contributed by atoms with Gasteiger partial charge in [-0.05, 0) is 23.4 Å². The van der Waals surface area contributed by atoms with Crippen LogP contribution in [0.25, 0.3) is 10.9 Å². The predicted molar refractivity (Wildman–Crippen MR) is 88.5 cm³/mol. The lowest BCUT2D eigenvalue weighted by molar-refractivity contribution is 0.199. The normalized spacial score (nSPS) is 11.3. The summed E-state index contributed by atoms with van der Waals surface area (Å²) in [5.74, 6) is 2.37. The molecule has 1 heterocycles. The molecule has 1 aromatic heterocycles. The van der Waals surface area contributed by atoms with Crippen molar-refractivity contribution in [2.24, 2.45) is 0 Å². The SMILES string of the molecule is CCSCCn1ccc2c(CNCCOC)cccc21. The number of aromatic nitrogens is 1. The minimum atomic E-state index is 0.755. The number of nitrogens with one attached hydrogen (secondary N) is 1. The van der Waals surface area contributed by atoms with Crippen LogP contribution in [0.2, 0.25) is 0 Å². The molecule has 0 aliphatic carbocycles. The van der Waals surface area contributed by atoms with Crippen LogP contribution in [0, 0.1) is 0 Å². The lowest BCUT2D eigenvalue weighted by Gasteiger charge is -2.08. The molecule has 0 fully saturated rings. The Balaban J connectivity index is 2.04. The standard InChI is InChI=1S/C16H24N2OS/c1-3-20-12-10-18-9-7-15-14(5-4-6-16(15)18)13-17-8-11-19-2/h4-7,9,17H,3,8,10-13H2,1-2H3. The molecule has 0 spiro atoms. The van der Waals surface area contributed by atoms with Gasteiger partial charge < -0.3 is 14.6 Å². The largest absolute Gasteiger partial charge is 0.383 e. The van der Waals surface area contributed by atoms with E-state index in [1.807, 2.05) is 11.8 Å². The van der Waals surface area contributed by atoms with Crippen molar-refractivity contribution >= 4 is 22.7 Å². The first kappa shape index (κ1) is 15.4. The quantitative estimate of drug-likeness (QED) is 0.719. The van der Waals surface area contributed by atoms with Crippen LogP contribution in [0.3, 0.4) is 0 Å². The molecule has 0 aliphatic rings. The van der Waals surface area contributed by atoms with Gasteiger partial charge in [-0.25, -0.2) is 0 Å². The van der Waals surface area contributed by atoms with Crippen molar-refractivity contribution in [2.75, 3.05) is 31.8 Å². The topological polar surface area (TPSA) is 26.2 Å². The highest BCUT2D eigenvalue weighted by Gasteiger charge is 2.05. The molecule has 3 nitrogen and oxygen atoms in total. The highest BCUT2D eigenvalue weighted by atomic mass is 32.2. The number of thioether (sulfide) groups is 1. The zero-order valence-corrected chi connectivity index (χ0v) is 13.2. The second kappa shape index (κ2) is 8.35. The van der Waals surface area contributed by atoms with E-state index >= 15 is 0 Å². The third kappa shape index (κ3) is 4.01. The highest BCUT2D eigenvalue weighted by molar-refractivity contribution is 7.99. The van der Waals surface area contributed by atoms with Gasteiger partial charge in [0.1, 0.15) is 0 Å². The zero-order valence-electron chi connectivity index (χ0n) is 12.4. The molecular formula is C16H24N2OS. The zero-order chi connectivity index (χ0) is 14.2. The van der Waals surface area contributed by atoms with Crippen molar-refractivity contribution < 1.29 is 4.74 Å². The number of aryl methyl sites for hydroxylation is 1. The number of ether oxygens (including phenoxy) is 1. The van der Waals surface area contributed by atoms with Gasteiger partial charge in [-0.3, -0.25) is 0 Å². The van der Waals surface area contributed by atoms with E-state index in [1.165, 1.54) is 28.0 Å². The van der Waals surface area contributed by atoms with Crippen molar-refractivity contribution in [1.29, 1.82) is 0 Å². The van der Waals surface area contributed by atoms with Crippen LogP contribution in [0.1, 0.15) is 12.5 Å². The minimum Gasteiger partial charge on any atom is -0.383 e. The number of methoxy groups -OCH3 is 1. The summed E-state index contributed by atoms with van der Waals surface area (Å²) in [6, 6.07) is 8.80. The van der Waals surface area contributed by atoms with Gasteiger partial charge in [0, 0.05) is 49.6 Å². The van der Waals surface area contributed by atoms with Gasteiger partial charge in [0.2, 0.25) is 0 Å². The Labute approximate surface area is 125 Å². The molecule has 1 aromatic carbocycles. The van der Waals surface area contributed by atoms with Crippen LogP contribution in [0.15, 0.2) is 30.5 Å². The van der Waals surface area contributed by atoms with Crippen molar-refractivity contribution in [3.05, 3.63) is 36.0 Å². The number of hydrogen-bond acceptors (Lipinski definition) is 3. The Hall–Kier alpha value is -0.970. The van der Waals surface area contributed by atoms with E-state index in [9.17, 15) is 0 Å². The fourth-order valence-electron chi connectivity index (χ4n) is 2.34. The number of nitrogens with zero attached hydrogens (tertiary/aromatic N) is 1. The van der Waals surface area contributed by atoms with Gasteiger partial charge >= 0.3 is 0 Å². The molecule has 0 atom stereocenters. The van der Waals surface area contributed by atoms with Crippen molar-refractivity contribution in [2.45, 2.75) is 20.0 Å². The first-order chi connectivity index (χ1) is 9.86. The average Bonchev–Trinajstić information content (AvgIpc) is 2.88. The number of benzene rings is 1. The molecule has 0 saturated heterocycles. The van der Waals surface area contributed by atoms with E-state index in [0.29, 0.717) is 0 Å². The minimum absolute atomic E-state index is 0.755. The van der Waals surface area contributed by atoms with Crippen LogP contribution in [0.5, 0.6) is 0 Å². The summed E-state index contributed by atoms with van der Waals surface area (Å²) in [7, 11) is 1.73. The smallest absolute Gasteiger partial charge is 0.0587 e. The molecule has 20 heavy (non-hydrogen) atoms. The van der Waals surface area contributed by atoms with Gasteiger partial charge in [0.15, 0.2) is 0 Å². The molecule has 0 saturated carbocycles. The molecule has 0 radical (unpaired) electrons. The van der Waals surface area contributed by atoms with Crippen LogP contribution < -0.4 is 5.32 Å². The van der Waals surface area contributed by atoms with E-state index in [0.717, 1.165) is 26.2 Å². The summed E-state index contributed by atoms with van der Waals surface area (Å²) < 4.78 is 7.42. The Bertz CT molecular complexity index is 524. The first-order valence-corrected chi connectivity index (χ1v) is 8.36. The van der Waals surface area contributed by atoms with Gasteiger partial charge in [-0.15, -0.1) is 0 Å². The fourth-order valence-corrected chi connectivity index (χ4v) is 2.96. The molecule has 1 N–H and O–H groups in total. The van der Waals surface area contributed by atoms with Crippen LogP contribution in [-0.2, 0) is 17.8 Å². The second-order valence-corrected chi connectivity index (χ2v) is 6.12. The third-order valence-electron chi connectivity index (χ3n) is 3.38. The maximum absolute atomic E-state index is 5.06. The first-order valence-electron chi connectivity index (χ1n) is 7.21. The Morgan fingerprint density at radius 1 is 1.30 bits per heavy atom. The molecule has 0 unspecified atom stereocenters. The molecule has 110 valence electrons. The second-order valence-electron chi connectivity index (χ2n) is 4.73. The van der Waals surface area contributed by atoms with Crippen molar-refractivity contribution in [3.63, 3.8) is 0 Å². The summed E-state index contributed by atoms with van der Waals surface area (Å²) in [6.45, 7) is 5.84. The van der Waals surface area contributed by atoms with E-state index in [4.69, 9.17) is 4.74 Å². The lowest BCUT2D eigenvalue weighted by atomic mass is 10.1. The number of fused-ring (bicyclic) bond motifs is 1. The molecule has 4 heteroatoms. The monoisotopic (exact) mass is 292 g/mol. The molecule has 0 aliphatic heterocycles. The van der Waals surface area contributed by atoms with Crippen molar-refractivity contribution in [3.8, 4) is 0 Å². The molecule has 0 amide bonds. The molecular weight excluding hydrogens is 268 g/mol. The average molecular weight is 292 g/mol. The number of rotatable bonds is 9. The summed E-state index contributed by atoms with van der Waals surface area (Å²) in [4.78, 5) is 0. The Kier molecular flexibility index (Phi) is 6.43. The summed E-state index contributed by atoms with van der Waals surface area (Å²) in [6.07, 6.45) is 2.21. The molecule has 0 bridgehead atoms. The van der Waals surface area contributed by atoms with E-state index in [2.05, 4.69) is 47.3 Å². The van der Waals surface area contributed by atoms with E-state index < -0.39 is 0 Å². The third-order valence-corrected chi connectivity index (χ3v) is 4.26. The Morgan fingerprint density at radius 3 is 3.00 bits per heavy atom. The maximum Gasteiger partial charge on any atom is 0.0587 e. The van der Waals surface area contributed by atoms with E-state index in [-0.39, 0.29) is 0 Å². The van der Waals surface area contributed by atoms with Gasteiger partial charge in [0.05, 0.1) is 6.61 Å². The fraction of sp³-hybridized carbons (Fsp3) is 0.500. The van der Waals surface area contributed by atoms with E-state index in [1.54, 1.807) is 7.11 Å². The summed E-state index contributed by atoms with van der Waals surface area (Å²) in [5.41, 5.74) is 2.70. The van der Waals surface area contributed by atoms with Crippen LogP contribution in [0.4, 0.5) is 0 Å². The predicted octanol–water partition coefficient (Wildman–Crippen LogP) is 3.13. The van der Waals surface area contributed by atoms with Crippen LogP contribution in [-0.4, -0.2) is 36.3 Å². The van der Waals surface area contributed by atoms with Gasteiger partial charge in [-0.2, -0.15) is 11.8 Å². The Morgan fingerprint density at radius 2 is 2.20 bits per heavy atom. The molecule has 2 aromatic rings. The van der Waals surface area contributed by atoms with Gasteiger partial charge in [0.25, 0.3) is 0 Å². The maximum atomic E-state index is 5.06. The molecule has 2 rings (SSSR count). The van der Waals surface area contributed by atoms with Crippen molar-refractivity contribution in [1.82, 2.24) is 9.88 Å². The van der Waals surface area contributed by atoms with Gasteiger partial charge in [-0.1, -0.05) is 19.1 Å².